The first kappa shape index (κ1) is 15.7. The molecular weight excluding hydrogens is 284 g/mol. The van der Waals surface area contributed by atoms with Gasteiger partial charge in [-0.2, -0.15) is 17.6 Å². The first-order valence-corrected chi connectivity index (χ1v) is 6.32. The van der Waals surface area contributed by atoms with E-state index in [2.05, 4.69) is 9.38 Å². The van der Waals surface area contributed by atoms with Crippen molar-refractivity contribution in [2.75, 3.05) is 0 Å². The van der Waals surface area contributed by atoms with Crippen molar-refractivity contribution in [1.82, 2.24) is 4.98 Å². The molecule has 0 N–H and O–H groups in total. The maximum atomic E-state index is 13.0. The van der Waals surface area contributed by atoms with Crippen LogP contribution < -0.4 is 0 Å². The van der Waals surface area contributed by atoms with E-state index < -0.39 is 33.4 Å². The zero-order valence-corrected chi connectivity index (χ0v) is 11.3. The Morgan fingerprint density at radius 1 is 1.26 bits per heavy atom. The fourth-order valence-electron chi connectivity index (χ4n) is 0.988. The van der Waals surface area contributed by atoms with E-state index in [9.17, 15) is 21.8 Å². The Morgan fingerprint density at radius 2 is 1.84 bits per heavy atom. The molecule has 1 aromatic rings. The van der Waals surface area contributed by atoms with Crippen molar-refractivity contribution in [3.8, 4) is 0 Å². The molecule has 0 aliphatic carbocycles. The zero-order valence-electron chi connectivity index (χ0n) is 10.5. The van der Waals surface area contributed by atoms with Gasteiger partial charge in [-0.3, -0.25) is 0 Å². The Morgan fingerprint density at radius 3 is 2.32 bits per heavy atom. The predicted molar refractivity (Wildman–Crippen MR) is 64.7 cm³/mol. The quantitative estimate of drug-likeness (QED) is 0.621. The van der Waals surface area contributed by atoms with Crippen LogP contribution in [0.5, 0.6) is 0 Å². The highest BCUT2D eigenvalue weighted by atomic mass is 32.2. The largest absolute Gasteiger partial charge is 0.436 e. The molecule has 8 heteroatoms. The second-order valence-electron chi connectivity index (χ2n) is 4.66. The lowest BCUT2D eigenvalue weighted by atomic mass is 10.3. The Balaban J connectivity index is 3.05. The minimum absolute atomic E-state index is 0.202. The molecule has 0 bridgehead atoms. The molecule has 1 heterocycles. The van der Waals surface area contributed by atoms with E-state index in [0.717, 1.165) is 12.3 Å². The van der Waals surface area contributed by atoms with Crippen LogP contribution in [0.1, 0.15) is 32.2 Å². The number of rotatable bonds is 2. The molecule has 0 amide bonds. The molecule has 0 fully saturated rings. The topological polar surface area (TPSA) is 42.3 Å². The molecule has 3 nitrogen and oxygen atoms in total. The van der Waals surface area contributed by atoms with Gasteiger partial charge in [0.2, 0.25) is 0 Å². The number of hydrogen-bond donors (Lipinski definition) is 0. The van der Waals surface area contributed by atoms with Crippen LogP contribution >= 0.6 is 0 Å². The van der Waals surface area contributed by atoms with Crippen LogP contribution in [0.4, 0.5) is 17.6 Å². The van der Waals surface area contributed by atoms with Gasteiger partial charge >= 0.3 is 6.18 Å². The van der Waals surface area contributed by atoms with Gasteiger partial charge in [-0.1, -0.05) is 0 Å². The van der Waals surface area contributed by atoms with E-state index in [1.165, 1.54) is 0 Å². The summed E-state index contributed by atoms with van der Waals surface area (Å²) >= 11 is 0. The lowest BCUT2D eigenvalue weighted by Gasteiger charge is -2.12. The average Bonchev–Trinajstić information content (AvgIpc) is 2.24. The molecule has 0 aliphatic heterocycles. The average molecular weight is 296 g/mol. The smallest absolute Gasteiger partial charge is 0.239 e. The van der Waals surface area contributed by atoms with Crippen LogP contribution in [-0.2, 0) is 17.2 Å². The Bertz CT molecular complexity index is 520. The van der Waals surface area contributed by atoms with Crippen LogP contribution in [0, 0.1) is 5.82 Å². The van der Waals surface area contributed by atoms with Crippen molar-refractivity contribution < 1.29 is 21.8 Å². The highest BCUT2D eigenvalue weighted by molar-refractivity contribution is 7.85. The number of aromatic nitrogens is 1. The highest BCUT2D eigenvalue weighted by Gasteiger charge is 2.36. The molecule has 19 heavy (non-hydrogen) atoms. The minimum atomic E-state index is -4.88. The minimum Gasteiger partial charge on any atom is -0.239 e. The fraction of sp³-hybridized carbons (Fsp3) is 0.455. The van der Waals surface area contributed by atoms with Gasteiger partial charge in [0, 0.05) is 0 Å². The predicted octanol–water partition coefficient (Wildman–Crippen LogP) is 3.12. The Labute approximate surface area is 110 Å². The van der Waals surface area contributed by atoms with Gasteiger partial charge in [-0.25, -0.2) is 13.6 Å². The maximum Gasteiger partial charge on any atom is 0.436 e. The normalized spacial score (nSPS) is 14.9. The zero-order chi connectivity index (χ0) is 14.8. The van der Waals surface area contributed by atoms with Crippen LogP contribution in [0.3, 0.4) is 0 Å². The molecule has 106 valence electrons. The van der Waals surface area contributed by atoms with E-state index in [1.807, 2.05) is 0 Å². The number of hydrogen-bond acceptors (Lipinski definition) is 2. The summed E-state index contributed by atoms with van der Waals surface area (Å²) in [6, 6.07) is 1.69. The third kappa shape index (κ3) is 4.38. The number of alkyl halides is 3. The van der Waals surface area contributed by atoms with Gasteiger partial charge in [0.25, 0.3) is 0 Å². The molecule has 0 aliphatic rings. The molecule has 1 atom stereocenters. The van der Waals surface area contributed by atoms with Gasteiger partial charge in [0.1, 0.15) is 11.0 Å². The molecule has 0 aromatic carbocycles. The summed E-state index contributed by atoms with van der Waals surface area (Å²) in [5.74, 6) is -1.46. The SMILES string of the molecule is CC(C)(C)[S@@](=O)N=Cc1ccc(F)c(C(F)(F)F)n1. The van der Waals surface area contributed by atoms with Gasteiger partial charge in [-0.15, -0.1) is 0 Å². The van der Waals surface area contributed by atoms with Crippen molar-refractivity contribution in [3.63, 3.8) is 0 Å². The monoisotopic (exact) mass is 296 g/mol. The number of halogens is 4. The summed E-state index contributed by atoms with van der Waals surface area (Å²) < 4.78 is 64.7. The molecule has 0 unspecified atom stereocenters. The lowest BCUT2D eigenvalue weighted by Crippen LogP contribution is -2.19. The molecule has 1 aromatic heterocycles. The first-order chi connectivity index (χ1) is 8.51. The van der Waals surface area contributed by atoms with Crippen LogP contribution in [-0.4, -0.2) is 20.2 Å². The first-order valence-electron chi connectivity index (χ1n) is 5.21. The molecule has 0 spiro atoms. The van der Waals surface area contributed by atoms with Gasteiger partial charge in [-0.05, 0) is 32.9 Å². The Kier molecular flexibility index (Phi) is 4.44. The summed E-state index contributed by atoms with van der Waals surface area (Å²) in [7, 11) is -1.62. The van der Waals surface area contributed by atoms with Crippen molar-refractivity contribution in [2.24, 2.45) is 4.40 Å². The lowest BCUT2D eigenvalue weighted by molar-refractivity contribution is -0.143. The summed E-state index contributed by atoms with van der Waals surface area (Å²) in [5.41, 5.74) is -1.82. The molecule has 1 rings (SSSR count). The van der Waals surface area contributed by atoms with Crippen LogP contribution in [0.25, 0.3) is 0 Å². The third-order valence-electron chi connectivity index (χ3n) is 1.94. The van der Waals surface area contributed by atoms with E-state index in [1.54, 1.807) is 20.8 Å². The molecule has 0 radical (unpaired) electrons. The van der Waals surface area contributed by atoms with E-state index in [-0.39, 0.29) is 5.69 Å². The van der Waals surface area contributed by atoms with Crippen molar-refractivity contribution in [1.29, 1.82) is 0 Å². The third-order valence-corrected chi connectivity index (χ3v) is 3.29. The van der Waals surface area contributed by atoms with Crippen molar-refractivity contribution in [3.05, 3.63) is 29.3 Å². The van der Waals surface area contributed by atoms with Gasteiger partial charge in [0.15, 0.2) is 11.5 Å². The van der Waals surface area contributed by atoms with E-state index in [0.29, 0.717) is 6.07 Å². The summed E-state index contributed by atoms with van der Waals surface area (Å²) in [5, 5.41) is 0. The molecule has 0 saturated carbocycles. The van der Waals surface area contributed by atoms with Crippen LogP contribution in [0.15, 0.2) is 16.5 Å². The molecular formula is C11H12F4N2OS. The second-order valence-corrected chi connectivity index (χ2v) is 6.59. The molecule has 0 saturated heterocycles. The number of pyridine rings is 1. The standard InChI is InChI=1S/C11H12F4N2OS/c1-10(2,3)19(18)16-6-7-4-5-8(12)9(17-7)11(13,14)15/h4-6H,1-3H3/t19-/m1/s1. The van der Waals surface area contributed by atoms with Crippen molar-refractivity contribution >= 4 is 17.2 Å². The number of nitrogens with zero attached hydrogens (tertiary/aromatic N) is 2. The van der Waals surface area contributed by atoms with E-state index >= 15 is 0 Å². The summed E-state index contributed by atoms with van der Waals surface area (Å²) in [6.07, 6.45) is -3.94. The summed E-state index contributed by atoms with van der Waals surface area (Å²) in [4.78, 5) is 3.11. The Hall–Kier alpha value is -1.31. The fourth-order valence-corrected chi connectivity index (χ4v) is 1.51. The van der Waals surface area contributed by atoms with Gasteiger partial charge < -0.3 is 0 Å². The van der Waals surface area contributed by atoms with E-state index in [4.69, 9.17) is 0 Å². The maximum absolute atomic E-state index is 13.0. The van der Waals surface area contributed by atoms with Gasteiger partial charge in [0.05, 0.1) is 16.7 Å². The van der Waals surface area contributed by atoms with Crippen molar-refractivity contribution in [2.45, 2.75) is 31.7 Å². The van der Waals surface area contributed by atoms with Crippen LogP contribution in [0.2, 0.25) is 0 Å². The highest BCUT2D eigenvalue weighted by Crippen LogP contribution is 2.29. The second kappa shape index (κ2) is 5.36. The summed E-state index contributed by atoms with van der Waals surface area (Å²) in [6.45, 7) is 5.00.